The average molecular weight is 244 g/mol. The Balaban J connectivity index is 1.77. The Morgan fingerprint density at radius 2 is 1.84 bits per heavy atom. The van der Waals surface area contributed by atoms with Crippen LogP contribution in [0.25, 0.3) is 17.0 Å². The minimum Gasteiger partial charge on any atom is -0.252 e. The summed E-state index contributed by atoms with van der Waals surface area (Å²) in [6, 6.07) is 23.6. The van der Waals surface area contributed by atoms with Crippen molar-refractivity contribution in [1.82, 2.24) is 4.98 Å². The highest BCUT2D eigenvalue weighted by molar-refractivity contribution is 5.77. The standard InChI is InChI=1S/C18H14N/c1-2-7-15(8-3-1)9-6-11-17-14-13-16-10-4-5-12-18(16)19-17/h1-10,13-14H,11H2. The summed E-state index contributed by atoms with van der Waals surface area (Å²) in [5, 5.41) is 1.14. The SMILES string of the molecule is [c]1cccc2ccc(CC=Cc3ccccc3)nc12. The van der Waals surface area contributed by atoms with E-state index in [1.54, 1.807) is 0 Å². The quantitative estimate of drug-likeness (QED) is 0.669. The zero-order valence-electron chi connectivity index (χ0n) is 10.6. The molecule has 0 saturated heterocycles. The van der Waals surface area contributed by atoms with E-state index < -0.39 is 0 Å². The van der Waals surface area contributed by atoms with Crippen LogP contribution in [-0.4, -0.2) is 4.98 Å². The molecule has 91 valence electrons. The minimum atomic E-state index is 0.841. The van der Waals surface area contributed by atoms with Gasteiger partial charge in [0.25, 0.3) is 0 Å². The van der Waals surface area contributed by atoms with E-state index in [1.807, 2.05) is 30.3 Å². The lowest BCUT2D eigenvalue weighted by Gasteiger charge is -1.99. The fourth-order valence-electron chi connectivity index (χ4n) is 2.03. The predicted octanol–water partition coefficient (Wildman–Crippen LogP) is 4.29. The Morgan fingerprint density at radius 1 is 0.947 bits per heavy atom. The van der Waals surface area contributed by atoms with Crippen LogP contribution in [0.2, 0.25) is 0 Å². The highest BCUT2D eigenvalue weighted by Crippen LogP contribution is 2.12. The maximum absolute atomic E-state index is 4.60. The van der Waals surface area contributed by atoms with Crippen molar-refractivity contribution in [2.24, 2.45) is 0 Å². The van der Waals surface area contributed by atoms with Crippen molar-refractivity contribution < 1.29 is 0 Å². The Hall–Kier alpha value is -2.41. The summed E-state index contributed by atoms with van der Waals surface area (Å²) in [5.41, 5.74) is 3.23. The number of fused-ring (bicyclic) bond motifs is 1. The maximum atomic E-state index is 4.60. The van der Waals surface area contributed by atoms with Gasteiger partial charge in [-0.3, -0.25) is 4.98 Å². The molecule has 0 amide bonds. The van der Waals surface area contributed by atoms with Crippen molar-refractivity contribution in [3.8, 4) is 0 Å². The lowest BCUT2D eigenvalue weighted by molar-refractivity contribution is 1.15. The van der Waals surface area contributed by atoms with Gasteiger partial charge in [-0.2, -0.15) is 0 Å². The summed E-state index contributed by atoms with van der Waals surface area (Å²) in [6.45, 7) is 0. The molecule has 3 aromatic rings. The van der Waals surface area contributed by atoms with E-state index in [9.17, 15) is 0 Å². The van der Waals surface area contributed by atoms with Crippen molar-refractivity contribution >= 4 is 17.0 Å². The van der Waals surface area contributed by atoms with E-state index in [0.717, 1.165) is 23.0 Å². The molecule has 1 heteroatoms. The molecule has 0 fully saturated rings. The van der Waals surface area contributed by atoms with Gasteiger partial charge < -0.3 is 0 Å². The van der Waals surface area contributed by atoms with Gasteiger partial charge in [0.15, 0.2) is 0 Å². The van der Waals surface area contributed by atoms with Crippen molar-refractivity contribution in [2.75, 3.05) is 0 Å². The molecular formula is C18H14N. The molecule has 0 aliphatic carbocycles. The van der Waals surface area contributed by atoms with Gasteiger partial charge in [-0.1, -0.05) is 66.7 Å². The van der Waals surface area contributed by atoms with Gasteiger partial charge in [0.05, 0.1) is 5.52 Å². The number of benzene rings is 2. The van der Waals surface area contributed by atoms with E-state index in [-0.39, 0.29) is 0 Å². The van der Waals surface area contributed by atoms with Crippen LogP contribution in [-0.2, 0) is 6.42 Å². The number of rotatable bonds is 3. The number of aromatic nitrogens is 1. The first-order valence-corrected chi connectivity index (χ1v) is 6.40. The third-order valence-electron chi connectivity index (χ3n) is 3.01. The van der Waals surface area contributed by atoms with Crippen LogP contribution in [0.15, 0.2) is 66.7 Å². The van der Waals surface area contributed by atoms with Crippen LogP contribution >= 0.6 is 0 Å². The second kappa shape index (κ2) is 5.49. The summed E-state index contributed by atoms with van der Waals surface area (Å²) in [5.74, 6) is 0. The highest BCUT2D eigenvalue weighted by Gasteiger charge is 1.96. The van der Waals surface area contributed by atoms with E-state index in [1.165, 1.54) is 5.56 Å². The lowest BCUT2D eigenvalue weighted by Crippen LogP contribution is -1.88. The molecule has 0 saturated carbocycles. The molecular weight excluding hydrogens is 230 g/mol. The van der Waals surface area contributed by atoms with Gasteiger partial charge in [-0.05, 0) is 11.6 Å². The van der Waals surface area contributed by atoms with E-state index >= 15 is 0 Å². The zero-order chi connectivity index (χ0) is 12.9. The summed E-state index contributed by atoms with van der Waals surface area (Å²) < 4.78 is 0. The monoisotopic (exact) mass is 244 g/mol. The number of allylic oxidation sites excluding steroid dienone is 1. The lowest BCUT2D eigenvalue weighted by atomic mass is 10.1. The van der Waals surface area contributed by atoms with Gasteiger partial charge >= 0.3 is 0 Å². The molecule has 1 aromatic heterocycles. The smallest absolute Gasteiger partial charge is 0.0784 e. The van der Waals surface area contributed by atoms with Crippen LogP contribution in [0.3, 0.4) is 0 Å². The van der Waals surface area contributed by atoms with Crippen LogP contribution in [0, 0.1) is 6.07 Å². The van der Waals surface area contributed by atoms with Gasteiger partial charge in [-0.25, -0.2) is 0 Å². The van der Waals surface area contributed by atoms with Gasteiger partial charge in [0, 0.05) is 23.6 Å². The molecule has 2 aromatic carbocycles. The first-order valence-electron chi connectivity index (χ1n) is 6.40. The van der Waals surface area contributed by atoms with Crippen molar-refractivity contribution in [3.63, 3.8) is 0 Å². The van der Waals surface area contributed by atoms with Gasteiger partial charge in [-0.15, -0.1) is 0 Å². The van der Waals surface area contributed by atoms with Crippen LogP contribution < -0.4 is 0 Å². The Kier molecular flexibility index (Phi) is 3.37. The number of nitrogens with zero attached hydrogens (tertiary/aromatic N) is 1. The van der Waals surface area contributed by atoms with Crippen molar-refractivity contribution in [3.05, 3.63) is 84.1 Å². The first-order chi connectivity index (χ1) is 9.42. The van der Waals surface area contributed by atoms with E-state index in [0.29, 0.717) is 0 Å². The fraction of sp³-hybridized carbons (Fsp3) is 0.0556. The summed E-state index contributed by atoms with van der Waals surface area (Å²) >= 11 is 0. The number of hydrogen-bond acceptors (Lipinski definition) is 1. The van der Waals surface area contributed by atoms with Crippen LogP contribution in [0.5, 0.6) is 0 Å². The third kappa shape index (κ3) is 2.89. The molecule has 19 heavy (non-hydrogen) atoms. The molecule has 1 heterocycles. The largest absolute Gasteiger partial charge is 0.252 e. The highest BCUT2D eigenvalue weighted by atomic mass is 14.7. The summed E-state index contributed by atoms with van der Waals surface area (Å²) in [4.78, 5) is 4.60. The molecule has 1 nitrogen and oxygen atoms in total. The second-order valence-corrected chi connectivity index (χ2v) is 4.43. The first kappa shape index (κ1) is 11.7. The molecule has 0 spiro atoms. The topological polar surface area (TPSA) is 12.9 Å². The molecule has 0 bridgehead atoms. The molecule has 1 radical (unpaired) electrons. The molecule has 0 aliphatic rings. The normalized spacial score (nSPS) is 11.2. The van der Waals surface area contributed by atoms with Gasteiger partial charge in [0.1, 0.15) is 0 Å². The van der Waals surface area contributed by atoms with Crippen molar-refractivity contribution in [2.45, 2.75) is 6.42 Å². The average Bonchev–Trinajstić information content (AvgIpc) is 2.48. The van der Waals surface area contributed by atoms with Crippen molar-refractivity contribution in [1.29, 1.82) is 0 Å². The van der Waals surface area contributed by atoms with Gasteiger partial charge in [0.2, 0.25) is 0 Å². The Morgan fingerprint density at radius 3 is 2.74 bits per heavy atom. The van der Waals surface area contributed by atoms with Crippen LogP contribution in [0.1, 0.15) is 11.3 Å². The second-order valence-electron chi connectivity index (χ2n) is 4.43. The van der Waals surface area contributed by atoms with E-state index in [2.05, 4.69) is 53.5 Å². The number of para-hydroxylation sites is 1. The summed E-state index contributed by atoms with van der Waals surface area (Å²) in [7, 11) is 0. The maximum Gasteiger partial charge on any atom is 0.0784 e. The van der Waals surface area contributed by atoms with E-state index in [4.69, 9.17) is 0 Å². The molecule has 0 aliphatic heterocycles. The molecule has 3 rings (SSSR count). The fourth-order valence-corrected chi connectivity index (χ4v) is 2.03. The van der Waals surface area contributed by atoms with Crippen LogP contribution in [0.4, 0.5) is 0 Å². The summed E-state index contributed by atoms with van der Waals surface area (Å²) in [6.07, 6.45) is 5.11. The third-order valence-corrected chi connectivity index (χ3v) is 3.01. The number of hydrogen-bond donors (Lipinski definition) is 0. The molecule has 0 N–H and O–H groups in total. The Bertz CT molecular complexity index is 699. The zero-order valence-corrected chi connectivity index (χ0v) is 10.6. The Labute approximate surface area is 113 Å². The predicted molar refractivity (Wildman–Crippen MR) is 79.8 cm³/mol. The number of pyridine rings is 1. The molecule has 0 atom stereocenters. The minimum absolute atomic E-state index is 0.841. The molecule has 0 unspecified atom stereocenters.